The molecule has 23 heavy (non-hydrogen) atoms. The summed E-state index contributed by atoms with van der Waals surface area (Å²) in [6, 6.07) is 16.8. The Labute approximate surface area is 136 Å². The zero-order chi connectivity index (χ0) is 16.5. The highest BCUT2D eigenvalue weighted by molar-refractivity contribution is 5.96. The molecule has 0 aliphatic rings. The summed E-state index contributed by atoms with van der Waals surface area (Å²) in [5.74, 6) is 0.738. The number of ether oxygens (including phenoxy) is 1. The van der Waals surface area contributed by atoms with Gasteiger partial charge in [0.25, 0.3) is 0 Å². The standard InChI is InChI=1S/C19H21NO3/c1-23-17-12-10-16(11-13-17)18(21)8-5-9-19(22)20-14-15-6-3-2-4-7-15/h2-4,6-7,10-13H,5,8-9,14H2,1H3,(H,20,22). The molecule has 0 aromatic heterocycles. The zero-order valence-electron chi connectivity index (χ0n) is 13.2. The number of nitrogens with one attached hydrogen (secondary N) is 1. The van der Waals surface area contributed by atoms with Crippen LogP contribution in [-0.2, 0) is 11.3 Å². The van der Waals surface area contributed by atoms with Gasteiger partial charge >= 0.3 is 0 Å². The van der Waals surface area contributed by atoms with E-state index in [1.54, 1.807) is 31.4 Å². The molecule has 0 saturated heterocycles. The fourth-order valence-corrected chi connectivity index (χ4v) is 2.22. The second kappa shape index (κ2) is 8.73. The van der Waals surface area contributed by atoms with Crippen LogP contribution in [0.2, 0.25) is 0 Å². The molecule has 2 aromatic carbocycles. The number of carbonyl (C=O) groups is 2. The highest BCUT2D eigenvalue weighted by Crippen LogP contribution is 2.13. The van der Waals surface area contributed by atoms with E-state index in [0.717, 1.165) is 11.3 Å². The quantitative estimate of drug-likeness (QED) is 0.761. The van der Waals surface area contributed by atoms with E-state index in [4.69, 9.17) is 4.74 Å². The predicted octanol–water partition coefficient (Wildman–Crippen LogP) is 3.36. The Morgan fingerprint density at radius 2 is 1.65 bits per heavy atom. The van der Waals surface area contributed by atoms with Gasteiger partial charge in [0.1, 0.15) is 5.75 Å². The molecule has 0 unspecified atom stereocenters. The lowest BCUT2D eigenvalue weighted by Gasteiger charge is -2.05. The third-order valence-corrected chi connectivity index (χ3v) is 3.55. The molecular weight excluding hydrogens is 290 g/mol. The number of methoxy groups -OCH3 is 1. The van der Waals surface area contributed by atoms with Gasteiger partial charge in [0.2, 0.25) is 5.91 Å². The molecule has 120 valence electrons. The number of amides is 1. The van der Waals surface area contributed by atoms with E-state index in [0.29, 0.717) is 31.4 Å². The molecule has 0 spiro atoms. The van der Waals surface area contributed by atoms with Crippen LogP contribution in [0.25, 0.3) is 0 Å². The minimum absolute atomic E-state index is 0.0311. The average molecular weight is 311 g/mol. The van der Waals surface area contributed by atoms with Gasteiger partial charge in [-0.2, -0.15) is 0 Å². The van der Waals surface area contributed by atoms with Gasteiger partial charge in [-0.1, -0.05) is 30.3 Å². The Balaban J connectivity index is 1.69. The Bertz CT molecular complexity index is 635. The van der Waals surface area contributed by atoms with Crippen molar-refractivity contribution in [3.63, 3.8) is 0 Å². The maximum atomic E-state index is 12.0. The molecule has 0 fully saturated rings. The van der Waals surface area contributed by atoms with Crippen molar-refractivity contribution in [2.75, 3.05) is 7.11 Å². The zero-order valence-corrected chi connectivity index (χ0v) is 13.2. The van der Waals surface area contributed by atoms with Gasteiger partial charge in [0.05, 0.1) is 7.11 Å². The lowest BCUT2D eigenvalue weighted by atomic mass is 10.1. The van der Waals surface area contributed by atoms with E-state index in [9.17, 15) is 9.59 Å². The highest BCUT2D eigenvalue weighted by atomic mass is 16.5. The third-order valence-electron chi connectivity index (χ3n) is 3.55. The Kier molecular flexibility index (Phi) is 6.36. The number of Topliss-reactive ketones (excluding diaryl/α,β-unsaturated/α-hetero) is 1. The van der Waals surface area contributed by atoms with Gasteiger partial charge < -0.3 is 10.1 Å². The molecule has 1 amide bonds. The van der Waals surface area contributed by atoms with Gasteiger partial charge in [-0.15, -0.1) is 0 Å². The number of benzene rings is 2. The molecule has 0 bridgehead atoms. The van der Waals surface area contributed by atoms with Crippen LogP contribution >= 0.6 is 0 Å². The van der Waals surface area contributed by atoms with E-state index in [1.165, 1.54) is 0 Å². The largest absolute Gasteiger partial charge is 0.497 e. The number of ketones is 1. The van der Waals surface area contributed by atoms with E-state index >= 15 is 0 Å². The molecule has 4 heteroatoms. The lowest BCUT2D eigenvalue weighted by Crippen LogP contribution is -2.22. The van der Waals surface area contributed by atoms with Crippen LogP contribution in [0.4, 0.5) is 0 Å². The topological polar surface area (TPSA) is 55.4 Å². The molecule has 0 saturated carbocycles. The first-order chi connectivity index (χ1) is 11.2. The highest BCUT2D eigenvalue weighted by Gasteiger charge is 2.08. The summed E-state index contributed by atoms with van der Waals surface area (Å²) in [4.78, 5) is 23.8. The van der Waals surface area contributed by atoms with Crippen LogP contribution in [0, 0.1) is 0 Å². The van der Waals surface area contributed by atoms with E-state index in [-0.39, 0.29) is 11.7 Å². The van der Waals surface area contributed by atoms with Crippen molar-refractivity contribution < 1.29 is 14.3 Å². The first kappa shape index (κ1) is 16.7. The molecule has 2 aromatic rings. The molecule has 1 N–H and O–H groups in total. The first-order valence-electron chi connectivity index (χ1n) is 7.67. The van der Waals surface area contributed by atoms with Gasteiger partial charge in [-0.3, -0.25) is 9.59 Å². The van der Waals surface area contributed by atoms with Gasteiger partial charge in [-0.05, 0) is 36.2 Å². The molecule has 0 atom stereocenters. The number of hydrogen-bond donors (Lipinski definition) is 1. The molecule has 4 nitrogen and oxygen atoms in total. The van der Waals surface area contributed by atoms with Crippen LogP contribution in [0.3, 0.4) is 0 Å². The summed E-state index contributed by atoms with van der Waals surface area (Å²) in [5.41, 5.74) is 1.71. The number of rotatable bonds is 8. The Morgan fingerprint density at radius 1 is 0.957 bits per heavy atom. The maximum Gasteiger partial charge on any atom is 0.220 e. The van der Waals surface area contributed by atoms with Gasteiger partial charge in [0, 0.05) is 24.9 Å². The monoisotopic (exact) mass is 311 g/mol. The summed E-state index contributed by atoms with van der Waals surface area (Å²) in [7, 11) is 1.59. The second-order valence-electron chi connectivity index (χ2n) is 5.27. The van der Waals surface area contributed by atoms with E-state index in [1.807, 2.05) is 30.3 Å². The molecule has 0 aliphatic heterocycles. The maximum absolute atomic E-state index is 12.0. The fourth-order valence-electron chi connectivity index (χ4n) is 2.22. The third kappa shape index (κ3) is 5.58. The summed E-state index contributed by atoms with van der Waals surface area (Å²) in [6.07, 6.45) is 1.27. The normalized spacial score (nSPS) is 10.1. The molecule has 0 heterocycles. The van der Waals surface area contributed by atoms with E-state index in [2.05, 4.69) is 5.32 Å². The molecule has 0 radical (unpaired) electrons. The molecule has 2 rings (SSSR count). The van der Waals surface area contributed by atoms with Crippen LogP contribution in [0.15, 0.2) is 54.6 Å². The fraction of sp³-hybridized carbons (Fsp3) is 0.263. The summed E-state index contributed by atoms with van der Waals surface area (Å²) >= 11 is 0. The minimum Gasteiger partial charge on any atom is -0.497 e. The second-order valence-corrected chi connectivity index (χ2v) is 5.27. The average Bonchev–Trinajstić information content (AvgIpc) is 2.61. The lowest BCUT2D eigenvalue weighted by molar-refractivity contribution is -0.121. The van der Waals surface area contributed by atoms with Gasteiger partial charge in [-0.25, -0.2) is 0 Å². The SMILES string of the molecule is COc1ccc(C(=O)CCCC(=O)NCc2ccccc2)cc1. The van der Waals surface area contributed by atoms with Crippen molar-refractivity contribution in [3.05, 3.63) is 65.7 Å². The smallest absolute Gasteiger partial charge is 0.220 e. The summed E-state index contributed by atoms with van der Waals surface area (Å²) < 4.78 is 5.06. The minimum atomic E-state index is -0.0311. The van der Waals surface area contributed by atoms with Crippen molar-refractivity contribution >= 4 is 11.7 Å². The predicted molar refractivity (Wildman–Crippen MR) is 89.5 cm³/mol. The Hall–Kier alpha value is -2.62. The van der Waals surface area contributed by atoms with Crippen molar-refractivity contribution in [2.24, 2.45) is 0 Å². The van der Waals surface area contributed by atoms with Crippen LogP contribution in [0.1, 0.15) is 35.2 Å². The van der Waals surface area contributed by atoms with Gasteiger partial charge in [0.15, 0.2) is 5.78 Å². The Morgan fingerprint density at radius 3 is 2.30 bits per heavy atom. The van der Waals surface area contributed by atoms with Crippen LogP contribution < -0.4 is 10.1 Å². The number of hydrogen-bond acceptors (Lipinski definition) is 3. The molecule has 0 aliphatic carbocycles. The summed E-state index contributed by atoms with van der Waals surface area (Å²) in [6.45, 7) is 0.520. The number of carbonyl (C=O) groups excluding carboxylic acids is 2. The van der Waals surface area contributed by atoms with Crippen LogP contribution in [0.5, 0.6) is 5.75 Å². The van der Waals surface area contributed by atoms with Crippen molar-refractivity contribution in [2.45, 2.75) is 25.8 Å². The summed E-state index contributed by atoms with van der Waals surface area (Å²) in [5, 5.41) is 2.86. The van der Waals surface area contributed by atoms with Crippen molar-refractivity contribution in [3.8, 4) is 5.75 Å². The first-order valence-corrected chi connectivity index (χ1v) is 7.67. The van der Waals surface area contributed by atoms with Crippen molar-refractivity contribution in [1.82, 2.24) is 5.32 Å². The van der Waals surface area contributed by atoms with E-state index < -0.39 is 0 Å². The molecular formula is C19H21NO3. The van der Waals surface area contributed by atoms with Crippen molar-refractivity contribution in [1.29, 1.82) is 0 Å². The van der Waals surface area contributed by atoms with Crippen LogP contribution in [-0.4, -0.2) is 18.8 Å².